The second-order valence-corrected chi connectivity index (χ2v) is 5.06. The molecule has 0 bridgehead atoms. The van der Waals surface area contributed by atoms with Crippen LogP contribution in [0.15, 0.2) is 78.9 Å². The van der Waals surface area contributed by atoms with Gasteiger partial charge in [0.15, 0.2) is 0 Å². The summed E-state index contributed by atoms with van der Waals surface area (Å²) in [7, 11) is 0. The zero-order valence-electron chi connectivity index (χ0n) is 12.0. The van der Waals surface area contributed by atoms with E-state index < -0.39 is 0 Å². The first-order valence-electron chi connectivity index (χ1n) is 7.05. The van der Waals surface area contributed by atoms with Gasteiger partial charge in [0.25, 0.3) is 0 Å². The molecule has 2 nitrogen and oxygen atoms in total. The second-order valence-electron chi connectivity index (χ2n) is 5.06. The quantitative estimate of drug-likeness (QED) is 0.647. The van der Waals surface area contributed by atoms with Crippen LogP contribution < -0.4 is 10.9 Å². The normalized spacial score (nSPS) is 10.1. The van der Waals surface area contributed by atoms with Gasteiger partial charge in [0.2, 0.25) is 0 Å². The summed E-state index contributed by atoms with van der Waals surface area (Å²) in [5.41, 5.74) is 12.2. The van der Waals surface area contributed by atoms with E-state index in [2.05, 4.69) is 66.3 Å². The van der Waals surface area contributed by atoms with E-state index in [-0.39, 0.29) is 0 Å². The van der Waals surface area contributed by atoms with E-state index in [0.29, 0.717) is 0 Å². The lowest BCUT2D eigenvalue weighted by Gasteiger charge is -2.10. The molecule has 0 spiro atoms. The Balaban J connectivity index is 1.69. The molecular weight excluding hydrogens is 256 g/mol. The first-order valence-corrected chi connectivity index (χ1v) is 7.05. The number of nitrogens with one attached hydrogen (secondary N) is 2. The number of aryl methyl sites for hydroxylation is 1. The number of benzene rings is 3. The van der Waals surface area contributed by atoms with Crippen molar-refractivity contribution in [1.82, 2.24) is 0 Å². The second kappa shape index (κ2) is 6.14. The fraction of sp³-hybridized carbons (Fsp3) is 0.0526. The molecular formula is C19H18N2. The molecule has 0 amide bonds. The van der Waals surface area contributed by atoms with E-state index in [4.69, 9.17) is 0 Å². The van der Waals surface area contributed by atoms with Gasteiger partial charge in [0.1, 0.15) is 0 Å². The van der Waals surface area contributed by atoms with Crippen LogP contribution in [0.2, 0.25) is 0 Å². The molecule has 0 aliphatic rings. The monoisotopic (exact) mass is 274 g/mol. The zero-order chi connectivity index (χ0) is 14.5. The lowest BCUT2D eigenvalue weighted by molar-refractivity contribution is 1.41. The maximum atomic E-state index is 3.20. The van der Waals surface area contributed by atoms with Crippen molar-refractivity contribution >= 4 is 11.4 Å². The molecule has 104 valence electrons. The maximum Gasteiger partial charge on any atom is 0.0540 e. The Morgan fingerprint density at radius 1 is 0.571 bits per heavy atom. The average molecular weight is 274 g/mol. The van der Waals surface area contributed by atoms with Crippen molar-refractivity contribution in [3.63, 3.8) is 0 Å². The van der Waals surface area contributed by atoms with E-state index in [1.807, 2.05) is 30.3 Å². The van der Waals surface area contributed by atoms with Crippen LogP contribution in [0.1, 0.15) is 5.56 Å². The summed E-state index contributed by atoms with van der Waals surface area (Å²) in [6.07, 6.45) is 0. The number of hydrazine groups is 1. The van der Waals surface area contributed by atoms with Crippen molar-refractivity contribution in [3.8, 4) is 11.1 Å². The highest BCUT2D eigenvalue weighted by Crippen LogP contribution is 2.22. The van der Waals surface area contributed by atoms with E-state index in [9.17, 15) is 0 Å². The molecule has 0 radical (unpaired) electrons. The van der Waals surface area contributed by atoms with E-state index in [1.54, 1.807) is 0 Å². The molecule has 0 atom stereocenters. The molecule has 0 saturated carbocycles. The minimum atomic E-state index is 1.04. The van der Waals surface area contributed by atoms with Crippen molar-refractivity contribution in [2.24, 2.45) is 0 Å². The molecule has 0 aliphatic heterocycles. The van der Waals surface area contributed by atoms with Crippen LogP contribution in [0.25, 0.3) is 11.1 Å². The lowest BCUT2D eigenvalue weighted by Crippen LogP contribution is -2.07. The van der Waals surface area contributed by atoms with Crippen molar-refractivity contribution in [2.75, 3.05) is 10.9 Å². The van der Waals surface area contributed by atoms with Gasteiger partial charge >= 0.3 is 0 Å². The third-order valence-corrected chi connectivity index (χ3v) is 3.36. The van der Waals surface area contributed by atoms with Gasteiger partial charge in [-0.05, 0) is 42.3 Å². The van der Waals surface area contributed by atoms with Crippen LogP contribution in [-0.4, -0.2) is 0 Å². The van der Waals surface area contributed by atoms with Crippen LogP contribution in [0.5, 0.6) is 0 Å². The summed E-state index contributed by atoms with van der Waals surface area (Å²) in [5.74, 6) is 0. The van der Waals surface area contributed by atoms with Gasteiger partial charge in [-0.3, -0.25) is 0 Å². The summed E-state index contributed by atoms with van der Waals surface area (Å²) < 4.78 is 0. The largest absolute Gasteiger partial charge is 0.301 e. The van der Waals surface area contributed by atoms with Gasteiger partial charge in [-0.1, -0.05) is 60.2 Å². The number of rotatable bonds is 4. The molecule has 21 heavy (non-hydrogen) atoms. The molecule has 0 fully saturated rings. The Morgan fingerprint density at radius 3 is 1.90 bits per heavy atom. The van der Waals surface area contributed by atoms with E-state index in [1.165, 1.54) is 16.7 Å². The molecule has 2 N–H and O–H groups in total. The molecule has 3 aromatic rings. The molecule has 0 saturated heterocycles. The summed E-state index contributed by atoms with van der Waals surface area (Å²) in [6, 6.07) is 27.0. The number of para-hydroxylation sites is 1. The fourth-order valence-electron chi connectivity index (χ4n) is 2.24. The first-order chi connectivity index (χ1) is 10.3. The number of hydrogen-bond donors (Lipinski definition) is 2. The predicted octanol–water partition coefficient (Wildman–Crippen LogP) is 5.10. The van der Waals surface area contributed by atoms with Gasteiger partial charge in [-0.2, -0.15) is 0 Å². The summed E-state index contributed by atoms with van der Waals surface area (Å²) in [4.78, 5) is 0. The van der Waals surface area contributed by atoms with Crippen LogP contribution in [0.4, 0.5) is 11.4 Å². The molecule has 3 rings (SSSR count). The smallest absolute Gasteiger partial charge is 0.0540 e. The van der Waals surface area contributed by atoms with Crippen molar-refractivity contribution < 1.29 is 0 Å². The van der Waals surface area contributed by atoms with E-state index in [0.717, 1.165) is 11.4 Å². The Kier molecular flexibility index (Phi) is 3.88. The zero-order valence-corrected chi connectivity index (χ0v) is 12.0. The van der Waals surface area contributed by atoms with Gasteiger partial charge in [0, 0.05) is 0 Å². The molecule has 2 heteroatoms. The van der Waals surface area contributed by atoms with E-state index >= 15 is 0 Å². The standard InChI is InChI=1S/C19H18N2/c1-15-6-5-7-17(14-15)16-10-12-19(13-11-16)21-20-18-8-3-2-4-9-18/h2-14,20-21H,1H3. The van der Waals surface area contributed by atoms with Crippen LogP contribution in [0, 0.1) is 6.92 Å². The molecule has 0 heterocycles. The Hall–Kier alpha value is -2.74. The molecule has 0 aliphatic carbocycles. The Morgan fingerprint density at radius 2 is 1.24 bits per heavy atom. The average Bonchev–Trinajstić information content (AvgIpc) is 2.54. The van der Waals surface area contributed by atoms with Crippen LogP contribution in [0.3, 0.4) is 0 Å². The maximum absolute atomic E-state index is 3.20. The highest BCUT2D eigenvalue weighted by atomic mass is 15.4. The topological polar surface area (TPSA) is 24.1 Å². The van der Waals surface area contributed by atoms with Gasteiger partial charge in [0.05, 0.1) is 11.4 Å². The highest BCUT2D eigenvalue weighted by molar-refractivity contribution is 5.67. The molecule has 0 aromatic heterocycles. The first kappa shape index (κ1) is 13.3. The molecule has 0 unspecified atom stereocenters. The summed E-state index contributed by atoms with van der Waals surface area (Å²) >= 11 is 0. The summed E-state index contributed by atoms with van der Waals surface area (Å²) in [5, 5.41) is 0. The third kappa shape index (κ3) is 3.42. The van der Waals surface area contributed by atoms with Crippen LogP contribution in [-0.2, 0) is 0 Å². The minimum Gasteiger partial charge on any atom is -0.301 e. The van der Waals surface area contributed by atoms with Crippen molar-refractivity contribution in [2.45, 2.75) is 6.92 Å². The minimum absolute atomic E-state index is 1.04. The van der Waals surface area contributed by atoms with Gasteiger partial charge in [-0.25, -0.2) is 0 Å². The van der Waals surface area contributed by atoms with Gasteiger partial charge in [-0.15, -0.1) is 0 Å². The third-order valence-electron chi connectivity index (χ3n) is 3.36. The number of hydrogen-bond acceptors (Lipinski definition) is 2. The lowest BCUT2D eigenvalue weighted by atomic mass is 10.0. The van der Waals surface area contributed by atoms with Crippen molar-refractivity contribution in [1.29, 1.82) is 0 Å². The summed E-state index contributed by atoms with van der Waals surface area (Å²) in [6.45, 7) is 2.11. The SMILES string of the molecule is Cc1cccc(-c2ccc(NNc3ccccc3)cc2)c1. The fourth-order valence-corrected chi connectivity index (χ4v) is 2.24. The number of anilines is 2. The predicted molar refractivity (Wildman–Crippen MR) is 90.3 cm³/mol. The van der Waals surface area contributed by atoms with Crippen molar-refractivity contribution in [3.05, 3.63) is 84.4 Å². The van der Waals surface area contributed by atoms with Gasteiger partial charge < -0.3 is 10.9 Å². The molecule has 3 aromatic carbocycles. The highest BCUT2D eigenvalue weighted by Gasteiger charge is 1.98. The van der Waals surface area contributed by atoms with Crippen LogP contribution >= 0.6 is 0 Å². The Labute approximate surface area is 125 Å². The Bertz CT molecular complexity index is 703.